The normalized spacial score (nSPS) is 27.1. The molecule has 1 aliphatic heterocycles. The van der Waals surface area contributed by atoms with Crippen LogP contribution in [0.2, 0.25) is 0 Å². The van der Waals surface area contributed by atoms with Gasteiger partial charge in [0, 0.05) is 18.8 Å². The van der Waals surface area contributed by atoms with Crippen LogP contribution in [0.1, 0.15) is 39.2 Å². The SMILES string of the molecule is Cc1ccc(OC2CC3CC2N(C(=O)OC(C)(C)C)C3)nc1. The third-order valence-corrected chi connectivity index (χ3v) is 4.21. The van der Waals surface area contributed by atoms with Gasteiger partial charge in [0.25, 0.3) is 0 Å². The number of likely N-dealkylation sites (tertiary alicyclic amines) is 1. The molecule has 1 saturated heterocycles. The fourth-order valence-corrected chi connectivity index (χ4v) is 3.30. The smallest absolute Gasteiger partial charge is 0.410 e. The number of carbonyl (C=O) groups is 1. The molecule has 5 heteroatoms. The maximum Gasteiger partial charge on any atom is 0.410 e. The van der Waals surface area contributed by atoms with E-state index in [1.807, 2.05) is 44.7 Å². The van der Waals surface area contributed by atoms with Gasteiger partial charge in [0.2, 0.25) is 5.88 Å². The van der Waals surface area contributed by atoms with E-state index in [-0.39, 0.29) is 18.2 Å². The topological polar surface area (TPSA) is 51.7 Å². The first kappa shape index (κ1) is 15.1. The van der Waals surface area contributed by atoms with Gasteiger partial charge in [-0.15, -0.1) is 0 Å². The largest absolute Gasteiger partial charge is 0.472 e. The Morgan fingerprint density at radius 1 is 1.32 bits per heavy atom. The van der Waals surface area contributed by atoms with Crippen molar-refractivity contribution < 1.29 is 14.3 Å². The Bertz CT molecular complexity index is 550. The molecular formula is C17H24N2O3. The van der Waals surface area contributed by atoms with Crippen LogP contribution in [0, 0.1) is 12.8 Å². The monoisotopic (exact) mass is 304 g/mol. The average molecular weight is 304 g/mol. The Kier molecular flexibility index (Phi) is 3.75. The first-order valence-electron chi connectivity index (χ1n) is 7.91. The Morgan fingerprint density at radius 2 is 2.09 bits per heavy atom. The summed E-state index contributed by atoms with van der Waals surface area (Å²) in [6.07, 6.45) is 3.57. The summed E-state index contributed by atoms with van der Waals surface area (Å²) in [7, 11) is 0. The highest BCUT2D eigenvalue weighted by atomic mass is 16.6. The molecule has 22 heavy (non-hydrogen) atoms. The zero-order valence-corrected chi connectivity index (χ0v) is 13.7. The maximum absolute atomic E-state index is 12.3. The lowest BCUT2D eigenvalue weighted by molar-refractivity contribution is 0.00213. The minimum Gasteiger partial charge on any atom is -0.472 e. The molecule has 1 saturated carbocycles. The van der Waals surface area contributed by atoms with Gasteiger partial charge in [-0.2, -0.15) is 0 Å². The first-order valence-corrected chi connectivity index (χ1v) is 7.91. The number of amides is 1. The molecule has 2 bridgehead atoms. The van der Waals surface area contributed by atoms with Crippen molar-refractivity contribution in [2.75, 3.05) is 6.54 Å². The minimum absolute atomic E-state index is 0.0153. The summed E-state index contributed by atoms with van der Waals surface area (Å²) < 4.78 is 11.5. The van der Waals surface area contributed by atoms with Crippen LogP contribution in [-0.4, -0.2) is 40.3 Å². The van der Waals surface area contributed by atoms with Gasteiger partial charge in [-0.1, -0.05) is 6.07 Å². The number of piperidine rings is 1. The second-order valence-electron chi connectivity index (χ2n) is 7.37. The van der Waals surface area contributed by atoms with Crippen LogP contribution in [-0.2, 0) is 4.74 Å². The Hall–Kier alpha value is -1.78. The zero-order valence-electron chi connectivity index (χ0n) is 13.7. The standard InChI is InChI=1S/C17H24N2O3/c1-11-5-6-15(18-9-11)21-14-8-12-7-13(14)19(10-12)16(20)22-17(2,3)4/h5-6,9,12-14H,7-8,10H2,1-4H3. The second kappa shape index (κ2) is 5.45. The predicted octanol–water partition coefficient (Wildman–Crippen LogP) is 3.17. The third-order valence-electron chi connectivity index (χ3n) is 4.21. The number of carbonyl (C=O) groups excluding carboxylic acids is 1. The number of hydrogen-bond donors (Lipinski definition) is 0. The van der Waals surface area contributed by atoms with E-state index in [1.54, 1.807) is 6.20 Å². The van der Waals surface area contributed by atoms with Gasteiger partial charge in [0.05, 0.1) is 6.04 Å². The molecule has 0 N–H and O–H groups in total. The van der Waals surface area contributed by atoms with Crippen LogP contribution < -0.4 is 4.74 Å². The molecule has 1 aromatic heterocycles. The molecule has 0 radical (unpaired) electrons. The van der Waals surface area contributed by atoms with E-state index < -0.39 is 5.60 Å². The van der Waals surface area contributed by atoms with Gasteiger partial charge < -0.3 is 14.4 Å². The summed E-state index contributed by atoms with van der Waals surface area (Å²) in [4.78, 5) is 18.5. The van der Waals surface area contributed by atoms with E-state index in [2.05, 4.69) is 4.98 Å². The molecule has 3 unspecified atom stereocenters. The molecule has 2 fully saturated rings. The lowest BCUT2D eigenvalue weighted by atomic mass is 10.1. The molecule has 120 valence electrons. The summed E-state index contributed by atoms with van der Waals surface area (Å²) in [5.41, 5.74) is 0.643. The number of rotatable bonds is 2. The molecule has 2 aliphatic rings. The van der Waals surface area contributed by atoms with Crippen LogP contribution in [0.25, 0.3) is 0 Å². The van der Waals surface area contributed by atoms with Crippen LogP contribution in [0.4, 0.5) is 4.79 Å². The van der Waals surface area contributed by atoms with E-state index in [0.717, 1.165) is 24.9 Å². The van der Waals surface area contributed by atoms with Crippen molar-refractivity contribution >= 4 is 6.09 Å². The summed E-state index contributed by atoms with van der Waals surface area (Å²) in [6, 6.07) is 3.98. The molecule has 1 aromatic rings. The number of pyridine rings is 1. The molecule has 1 aliphatic carbocycles. The van der Waals surface area contributed by atoms with Gasteiger partial charge in [-0.25, -0.2) is 9.78 Å². The molecule has 1 amide bonds. The highest BCUT2D eigenvalue weighted by Crippen LogP contribution is 2.40. The van der Waals surface area contributed by atoms with Crippen molar-refractivity contribution in [2.45, 2.75) is 58.3 Å². The fraction of sp³-hybridized carbons (Fsp3) is 0.647. The number of aromatic nitrogens is 1. The van der Waals surface area contributed by atoms with Crippen molar-refractivity contribution in [3.63, 3.8) is 0 Å². The highest BCUT2D eigenvalue weighted by Gasteiger charge is 2.49. The molecular weight excluding hydrogens is 280 g/mol. The van der Waals surface area contributed by atoms with E-state index in [9.17, 15) is 4.79 Å². The molecule has 2 heterocycles. The van der Waals surface area contributed by atoms with Crippen LogP contribution in [0.3, 0.4) is 0 Å². The highest BCUT2D eigenvalue weighted by molar-refractivity contribution is 5.69. The summed E-state index contributed by atoms with van der Waals surface area (Å²) in [5.74, 6) is 1.14. The van der Waals surface area contributed by atoms with Crippen LogP contribution in [0.15, 0.2) is 18.3 Å². The summed E-state index contributed by atoms with van der Waals surface area (Å²) in [5, 5.41) is 0. The van der Waals surface area contributed by atoms with E-state index >= 15 is 0 Å². The fourth-order valence-electron chi connectivity index (χ4n) is 3.30. The van der Waals surface area contributed by atoms with Crippen molar-refractivity contribution in [3.8, 4) is 5.88 Å². The van der Waals surface area contributed by atoms with Crippen LogP contribution >= 0.6 is 0 Å². The number of ether oxygens (including phenoxy) is 2. The molecule has 3 rings (SSSR count). The minimum atomic E-state index is -0.465. The maximum atomic E-state index is 12.3. The number of aryl methyl sites for hydroxylation is 1. The Balaban J connectivity index is 1.66. The number of fused-ring (bicyclic) bond motifs is 2. The zero-order chi connectivity index (χ0) is 15.9. The van der Waals surface area contributed by atoms with Crippen molar-refractivity contribution in [1.82, 2.24) is 9.88 Å². The Morgan fingerprint density at radius 3 is 2.68 bits per heavy atom. The van der Waals surface area contributed by atoms with Gasteiger partial charge in [0.15, 0.2) is 0 Å². The lowest BCUT2D eigenvalue weighted by Crippen LogP contribution is -2.48. The van der Waals surface area contributed by atoms with Gasteiger partial charge >= 0.3 is 6.09 Å². The van der Waals surface area contributed by atoms with E-state index in [0.29, 0.717) is 11.8 Å². The van der Waals surface area contributed by atoms with Gasteiger partial charge in [-0.3, -0.25) is 0 Å². The summed E-state index contributed by atoms with van der Waals surface area (Å²) >= 11 is 0. The predicted molar refractivity (Wildman–Crippen MR) is 82.8 cm³/mol. The average Bonchev–Trinajstić information content (AvgIpc) is 2.99. The molecule has 0 spiro atoms. The third kappa shape index (κ3) is 3.18. The molecule has 0 aromatic carbocycles. The van der Waals surface area contributed by atoms with Crippen molar-refractivity contribution in [2.24, 2.45) is 5.92 Å². The van der Waals surface area contributed by atoms with Crippen LogP contribution in [0.5, 0.6) is 5.88 Å². The van der Waals surface area contributed by atoms with E-state index in [4.69, 9.17) is 9.47 Å². The number of nitrogens with zero attached hydrogens (tertiary/aromatic N) is 2. The quantitative estimate of drug-likeness (QED) is 0.842. The molecule has 5 nitrogen and oxygen atoms in total. The van der Waals surface area contributed by atoms with Gasteiger partial charge in [-0.05, 0) is 52.0 Å². The first-order chi connectivity index (χ1) is 10.3. The lowest BCUT2D eigenvalue weighted by Gasteiger charge is -2.34. The van der Waals surface area contributed by atoms with Crippen molar-refractivity contribution in [1.29, 1.82) is 0 Å². The number of hydrogen-bond acceptors (Lipinski definition) is 4. The second-order valence-corrected chi connectivity index (χ2v) is 7.37. The van der Waals surface area contributed by atoms with E-state index in [1.165, 1.54) is 0 Å². The van der Waals surface area contributed by atoms with Gasteiger partial charge in [0.1, 0.15) is 11.7 Å². The Labute approximate surface area is 131 Å². The summed E-state index contributed by atoms with van der Waals surface area (Å²) in [6.45, 7) is 8.45. The molecule has 3 atom stereocenters. The van der Waals surface area contributed by atoms with Crippen molar-refractivity contribution in [3.05, 3.63) is 23.9 Å².